The normalized spacial score (nSPS) is 11.5. The highest BCUT2D eigenvalue weighted by molar-refractivity contribution is 7.99. The number of hydrogen-bond acceptors (Lipinski definition) is 7. The van der Waals surface area contributed by atoms with E-state index in [9.17, 15) is 13.2 Å². The van der Waals surface area contributed by atoms with Gasteiger partial charge in [0.15, 0.2) is 5.82 Å². The number of amides is 1. The van der Waals surface area contributed by atoms with Gasteiger partial charge in [0, 0.05) is 24.3 Å². The zero-order chi connectivity index (χ0) is 24.0. The van der Waals surface area contributed by atoms with Crippen LogP contribution in [-0.2, 0) is 14.8 Å². The fourth-order valence-electron chi connectivity index (χ4n) is 3.11. The Balaban J connectivity index is 1.65. The predicted octanol–water partition coefficient (Wildman–Crippen LogP) is 3.55. The summed E-state index contributed by atoms with van der Waals surface area (Å²) in [7, 11) is -2.01. The third-order valence-electron chi connectivity index (χ3n) is 4.99. The van der Waals surface area contributed by atoms with Crippen LogP contribution in [0, 0.1) is 6.92 Å². The number of ether oxygens (including phenoxy) is 1. The summed E-state index contributed by atoms with van der Waals surface area (Å²) in [5, 5.41) is 10.2. The first-order valence-corrected chi connectivity index (χ1v) is 12.8. The summed E-state index contributed by atoms with van der Waals surface area (Å²) in [6, 6.07) is 12.1. The molecule has 0 bridgehead atoms. The van der Waals surface area contributed by atoms with E-state index in [4.69, 9.17) is 4.74 Å². The molecule has 1 aromatic heterocycles. The SMILES string of the molecule is CCN(CC)S(=O)(=O)c1ccc(C)c(NC(=O)CSc2n[nH]c(-c3ccc(OC)cc3)n2)c1. The summed E-state index contributed by atoms with van der Waals surface area (Å²) in [5.74, 6) is 1.13. The van der Waals surface area contributed by atoms with Crippen molar-refractivity contribution in [1.29, 1.82) is 0 Å². The Morgan fingerprint density at radius 1 is 1.15 bits per heavy atom. The molecule has 0 saturated heterocycles. The molecule has 11 heteroatoms. The van der Waals surface area contributed by atoms with Crippen molar-refractivity contribution < 1.29 is 17.9 Å². The van der Waals surface area contributed by atoms with Crippen molar-refractivity contribution in [2.24, 2.45) is 0 Å². The van der Waals surface area contributed by atoms with Crippen molar-refractivity contribution in [3.63, 3.8) is 0 Å². The molecule has 0 saturated carbocycles. The maximum atomic E-state index is 12.8. The third-order valence-corrected chi connectivity index (χ3v) is 7.88. The van der Waals surface area contributed by atoms with Gasteiger partial charge < -0.3 is 10.1 Å². The summed E-state index contributed by atoms with van der Waals surface area (Å²) in [4.78, 5) is 17.1. The van der Waals surface area contributed by atoms with E-state index in [-0.39, 0.29) is 16.6 Å². The van der Waals surface area contributed by atoms with Crippen LogP contribution in [0.4, 0.5) is 5.69 Å². The standard InChI is InChI=1S/C22H27N5O4S2/c1-5-27(6-2)33(29,30)18-12-7-15(3)19(13-18)23-20(28)14-32-22-24-21(25-26-22)16-8-10-17(31-4)11-9-16/h7-13H,5-6,14H2,1-4H3,(H,23,28)(H,24,25,26). The molecular weight excluding hydrogens is 462 g/mol. The van der Waals surface area contributed by atoms with Crippen molar-refractivity contribution >= 4 is 33.4 Å². The number of aryl methyl sites for hydroxylation is 1. The molecular formula is C22H27N5O4S2. The lowest BCUT2D eigenvalue weighted by atomic mass is 10.2. The molecule has 1 amide bonds. The molecule has 3 rings (SSSR count). The lowest BCUT2D eigenvalue weighted by Gasteiger charge is -2.19. The van der Waals surface area contributed by atoms with Crippen LogP contribution in [0.15, 0.2) is 52.5 Å². The maximum Gasteiger partial charge on any atom is 0.243 e. The van der Waals surface area contributed by atoms with E-state index >= 15 is 0 Å². The van der Waals surface area contributed by atoms with E-state index < -0.39 is 10.0 Å². The van der Waals surface area contributed by atoms with Crippen molar-refractivity contribution in [1.82, 2.24) is 19.5 Å². The Morgan fingerprint density at radius 2 is 1.85 bits per heavy atom. The van der Waals surface area contributed by atoms with E-state index in [0.717, 1.165) is 16.9 Å². The molecule has 0 spiro atoms. The first-order valence-electron chi connectivity index (χ1n) is 10.4. The minimum Gasteiger partial charge on any atom is -0.497 e. The number of carbonyl (C=O) groups excluding carboxylic acids is 1. The van der Waals surface area contributed by atoms with Gasteiger partial charge in [-0.2, -0.15) is 4.31 Å². The fourth-order valence-corrected chi connectivity index (χ4v) is 5.20. The Bertz CT molecular complexity index is 1210. The van der Waals surface area contributed by atoms with Crippen LogP contribution >= 0.6 is 11.8 Å². The van der Waals surface area contributed by atoms with E-state index in [0.29, 0.717) is 29.8 Å². The second-order valence-corrected chi connectivity index (χ2v) is 9.98. The molecule has 2 aromatic carbocycles. The number of carbonyl (C=O) groups is 1. The van der Waals surface area contributed by atoms with E-state index in [1.165, 1.54) is 22.1 Å². The molecule has 2 N–H and O–H groups in total. The lowest BCUT2D eigenvalue weighted by Crippen LogP contribution is -2.30. The van der Waals surface area contributed by atoms with Crippen LogP contribution < -0.4 is 10.1 Å². The van der Waals surface area contributed by atoms with Crippen molar-refractivity contribution in [2.45, 2.75) is 30.8 Å². The number of H-pyrrole nitrogens is 1. The molecule has 0 aliphatic rings. The molecule has 0 aliphatic carbocycles. The number of nitrogens with zero attached hydrogens (tertiary/aromatic N) is 3. The van der Waals surface area contributed by atoms with Crippen LogP contribution in [0.3, 0.4) is 0 Å². The Kier molecular flexibility index (Phi) is 8.11. The second-order valence-electron chi connectivity index (χ2n) is 7.10. The highest BCUT2D eigenvalue weighted by Gasteiger charge is 2.22. The monoisotopic (exact) mass is 489 g/mol. The van der Waals surface area contributed by atoms with Crippen LogP contribution in [-0.4, -0.2) is 59.8 Å². The van der Waals surface area contributed by atoms with Gasteiger partial charge in [-0.1, -0.05) is 31.7 Å². The molecule has 0 fully saturated rings. The summed E-state index contributed by atoms with van der Waals surface area (Å²) in [5.41, 5.74) is 2.08. The molecule has 0 aliphatic heterocycles. The molecule has 0 atom stereocenters. The van der Waals surface area contributed by atoms with Gasteiger partial charge in [0.1, 0.15) is 5.75 Å². The van der Waals surface area contributed by atoms with E-state index in [1.54, 1.807) is 33.1 Å². The number of benzene rings is 2. The highest BCUT2D eigenvalue weighted by Crippen LogP contribution is 2.24. The quantitative estimate of drug-likeness (QED) is 0.418. The number of thioether (sulfide) groups is 1. The van der Waals surface area contributed by atoms with Gasteiger partial charge in [-0.15, -0.1) is 5.10 Å². The predicted molar refractivity (Wildman–Crippen MR) is 129 cm³/mol. The van der Waals surface area contributed by atoms with Gasteiger partial charge in [0.05, 0.1) is 17.8 Å². The van der Waals surface area contributed by atoms with Crippen molar-refractivity contribution in [3.05, 3.63) is 48.0 Å². The molecule has 9 nitrogen and oxygen atoms in total. The minimum absolute atomic E-state index is 0.0758. The minimum atomic E-state index is -3.61. The number of aromatic nitrogens is 3. The van der Waals surface area contributed by atoms with Crippen LogP contribution in [0.2, 0.25) is 0 Å². The molecule has 33 heavy (non-hydrogen) atoms. The first kappa shape index (κ1) is 24.7. The van der Waals surface area contributed by atoms with Crippen LogP contribution in [0.1, 0.15) is 19.4 Å². The molecule has 1 heterocycles. The number of aromatic amines is 1. The van der Waals surface area contributed by atoms with Gasteiger partial charge in [-0.25, -0.2) is 13.4 Å². The number of sulfonamides is 1. The zero-order valence-electron chi connectivity index (χ0n) is 19.0. The fraction of sp³-hybridized carbons (Fsp3) is 0.318. The largest absolute Gasteiger partial charge is 0.497 e. The summed E-state index contributed by atoms with van der Waals surface area (Å²) < 4.78 is 32.1. The molecule has 176 valence electrons. The van der Waals surface area contributed by atoms with Gasteiger partial charge in [0.2, 0.25) is 21.1 Å². The Labute approximate surface area is 198 Å². The van der Waals surface area contributed by atoms with Gasteiger partial charge >= 0.3 is 0 Å². The number of rotatable bonds is 10. The lowest BCUT2D eigenvalue weighted by molar-refractivity contribution is -0.113. The number of anilines is 1. The van der Waals surface area contributed by atoms with Crippen molar-refractivity contribution in [2.75, 3.05) is 31.3 Å². The maximum absolute atomic E-state index is 12.8. The molecule has 3 aromatic rings. The second kappa shape index (κ2) is 10.8. The topological polar surface area (TPSA) is 117 Å². The number of hydrogen-bond donors (Lipinski definition) is 2. The van der Waals surface area contributed by atoms with Gasteiger partial charge in [-0.3, -0.25) is 9.89 Å². The van der Waals surface area contributed by atoms with E-state index in [1.807, 2.05) is 31.2 Å². The number of methoxy groups -OCH3 is 1. The van der Waals surface area contributed by atoms with Crippen molar-refractivity contribution in [3.8, 4) is 17.1 Å². The zero-order valence-corrected chi connectivity index (χ0v) is 20.6. The first-order chi connectivity index (χ1) is 15.8. The highest BCUT2D eigenvalue weighted by atomic mass is 32.2. The average Bonchev–Trinajstić information content (AvgIpc) is 3.29. The molecule has 0 radical (unpaired) electrons. The Morgan fingerprint density at radius 3 is 2.48 bits per heavy atom. The van der Waals surface area contributed by atoms with Crippen LogP contribution in [0.25, 0.3) is 11.4 Å². The summed E-state index contributed by atoms with van der Waals surface area (Å²) in [6.45, 7) is 6.14. The average molecular weight is 490 g/mol. The molecule has 0 unspecified atom stereocenters. The summed E-state index contributed by atoms with van der Waals surface area (Å²) in [6.07, 6.45) is 0. The Hall–Kier alpha value is -2.89. The summed E-state index contributed by atoms with van der Waals surface area (Å²) >= 11 is 1.18. The smallest absolute Gasteiger partial charge is 0.243 e. The third kappa shape index (κ3) is 5.92. The number of nitrogens with one attached hydrogen (secondary N) is 2. The van der Waals surface area contributed by atoms with Crippen LogP contribution in [0.5, 0.6) is 5.75 Å². The van der Waals surface area contributed by atoms with Gasteiger partial charge in [0.25, 0.3) is 0 Å². The van der Waals surface area contributed by atoms with E-state index in [2.05, 4.69) is 20.5 Å². The van der Waals surface area contributed by atoms with Gasteiger partial charge in [-0.05, 0) is 48.9 Å².